The number of esters is 1. The Labute approximate surface area is 250 Å². The number of hydrogen-bond acceptors (Lipinski definition) is 9. The van der Waals surface area contributed by atoms with Crippen LogP contribution in [0.25, 0.3) is 11.1 Å². The molecule has 1 amide bonds. The van der Waals surface area contributed by atoms with Gasteiger partial charge >= 0.3 is 16.1 Å². The molecule has 1 atom stereocenters. The lowest BCUT2D eigenvalue weighted by atomic mass is 9.92. The van der Waals surface area contributed by atoms with Crippen molar-refractivity contribution >= 4 is 45.1 Å². The van der Waals surface area contributed by atoms with Crippen LogP contribution in [0.5, 0.6) is 11.5 Å². The molecular weight excluding hydrogens is 576 g/mol. The summed E-state index contributed by atoms with van der Waals surface area (Å²) in [7, 11) is -0.896. The van der Waals surface area contributed by atoms with Crippen LogP contribution >= 0.6 is 11.8 Å². The zero-order valence-electron chi connectivity index (χ0n) is 24.0. The molecular formula is C31H32N2O7S2. The first-order chi connectivity index (χ1) is 19.9. The summed E-state index contributed by atoms with van der Waals surface area (Å²) in [6.45, 7) is 5.49. The molecule has 3 aromatic rings. The summed E-state index contributed by atoms with van der Waals surface area (Å²) in [6, 6.07) is 16.3. The third kappa shape index (κ3) is 5.71. The minimum atomic E-state index is -4.06. The zero-order chi connectivity index (χ0) is 30.2. The van der Waals surface area contributed by atoms with E-state index in [1.807, 2.05) is 25.1 Å². The number of ether oxygens (including phenoxy) is 2. The van der Waals surface area contributed by atoms with Crippen molar-refractivity contribution in [2.45, 2.75) is 49.5 Å². The number of thioether (sulfide) groups is 1. The Morgan fingerprint density at radius 1 is 1.10 bits per heavy atom. The minimum Gasteiger partial charge on any atom is -0.496 e. The van der Waals surface area contributed by atoms with E-state index < -0.39 is 15.7 Å². The normalized spacial score (nSPS) is 17.6. The molecule has 220 valence electrons. The fourth-order valence-electron chi connectivity index (χ4n) is 5.11. The third-order valence-electron chi connectivity index (χ3n) is 7.17. The Kier molecular flexibility index (Phi) is 8.00. The van der Waals surface area contributed by atoms with Gasteiger partial charge in [-0.05, 0) is 68.0 Å². The Bertz CT molecular complexity index is 1680. The fraction of sp³-hybridized carbons (Fsp3) is 0.290. The second-order valence-electron chi connectivity index (χ2n) is 10.6. The average Bonchev–Trinajstić information content (AvgIpc) is 3.41. The average molecular weight is 609 g/mol. The molecule has 0 saturated carbocycles. The van der Waals surface area contributed by atoms with Gasteiger partial charge in [-0.15, -0.1) is 11.8 Å². The predicted molar refractivity (Wildman–Crippen MR) is 163 cm³/mol. The molecule has 2 heterocycles. The monoisotopic (exact) mass is 608 g/mol. The van der Waals surface area contributed by atoms with Gasteiger partial charge < -0.3 is 23.9 Å². The third-order valence-corrected chi connectivity index (χ3v) is 9.64. The van der Waals surface area contributed by atoms with E-state index in [-0.39, 0.29) is 34.4 Å². The molecule has 9 nitrogen and oxygen atoms in total. The van der Waals surface area contributed by atoms with Gasteiger partial charge in [-0.1, -0.05) is 30.3 Å². The van der Waals surface area contributed by atoms with Crippen molar-refractivity contribution in [3.63, 3.8) is 0 Å². The maximum Gasteiger partial charge on any atom is 0.339 e. The number of nitrogens with one attached hydrogen (secondary N) is 1. The topological polar surface area (TPSA) is 111 Å². The molecule has 0 fully saturated rings. The number of likely N-dealkylation sites (N-methyl/N-ethyl adjacent to an activating group) is 1. The first-order valence-corrected chi connectivity index (χ1v) is 15.6. The van der Waals surface area contributed by atoms with E-state index in [0.717, 1.165) is 10.6 Å². The largest absolute Gasteiger partial charge is 0.496 e. The van der Waals surface area contributed by atoms with E-state index in [2.05, 4.69) is 5.32 Å². The summed E-state index contributed by atoms with van der Waals surface area (Å²) >= 11 is 1.48. The molecule has 0 radical (unpaired) electrons. The molecule has 0 saturated heterocycles. The SMILES string of the molecule is COc1cc(OS(=O)(=O)c2ccccc2)ccc1-c1ccc2c(c1COC(=O)C1CC=C(C)S1)N(C)C(=O)C(C)(C)N2. The molecule has 2 aliphatic heterocycles. The van der Waals surface area contributed by atoms with E-state index >= 15 is 0 Å². The van der Waals surface area contributed by atoms with Crippen LogP contribution < -0.4 is 19.1 Å². The van der Waals surface area contributed by atoms with Crippen molar-refractivity contribution in [1.29, 1.82) is 0 Å². The maximum atomic E-state index is 13.3. The fourth-order valence-corrected chi connectivity index (χ4v) is 7.05. The van der Waals surface area contributed by atoms with E-state index in [1.165, 1.54) is 43.1 Å². The van der Waals surface area contributed by atoms with Gasteiger partial charge in [0.05, 0.1) is 18.5 Å². The molecule has 0 aliphatic carbocycles. The maximum absolute atomic E-state index is 13.3. The Morgan fingerprint density at radius 3 is 2.48 bits per heavy atom. The molecule has 0 aromatic heterocycles. The molecule has 5 rings (SSSR count). The van der Waals surface area contributed by atoms with Gasteiger partial charge in [0.25, 0.3) is 5.91 Å². The first-order valence-electron chi connectivity index (χ1n) is 13.3. The van der Waals surface area contributed by atoms with Crippen LogP contribution in [-0.4, -0.2) is 45.2 Å². The number of carbonyl (C=O) groups is 2. The smallest absolute Gasteiger partial charge is 0.339 e. The van der Waals surface area contributed by atoms with Crippen LogP contribution in [-0.2, 0) is 31.1 Å². The predicted octanol–water partition coefficient (Wildman–Crippen LogP) is 5.75. The summed E-state index contributed by atoms with van der Waals surface area (Å²) in [6.07, 6.45) is 2.61. The van der Waals surface area contributed by atoms with Gasteiger partial charge in [-0.25, -0.2) is 0 Å². The highest BCUT2D eigenvalue weighted by atomic mass is 32.2. The zero-order valence-corrected chi connectivity index (χ0v) is 25.6. The lowest BCUT2D eigenvalue weighted by Crippen LogP contribution is -2.52. The summed E-state index contributed by atoms with van der Waals surface area (Å²) < 4.78 is 42.5. The number of anilines is 2. The molecule has 42 heavy (non-hydrogen) atoms. The summed E-state index contributed by atoms with van der Waals surface area (Å²) in [5.41, 5.74) is 2.35. The highest BCUT2D eigenvalue weighted by molar-refractivity contribution is 8.04. The summed E-state index contributed by atoms with van der Waals surface area (Å²) in [5.74, 6) is -0.0703. The summed E-state index contributed by atoms with van der Waals surface area (Å²) in [5, 5.41) is 2.98. The lowest BCUT2D eigenvalue weighted by Gasteiger charge is -2.39. The number of amides is 1. The van der Waals surface area contributed by atoms with Gasteiger partial charge in [0, 0.05) is 24.2 Å². The van der Waals surface area contributed by atoms with Crippen LogP contribution in [0.15, 0.2) is 76.5 Å². The molecule has 1 unspecified atom stereocenters. The second-order valence-corrected chi connectivity index (χ2v) is 13.6. The van der Waals surface area contributed by atoms with Crippen molar-refractivity contribution in [2.75, 3.05) is 24.4 Å². The molecule has 0 spiro atoms. The van der Waals surface area contributed by atoms with Gasteiger partial charge in [0.15, 0.2) is 0 Å². The van der Waals surface area contributed by atoms with Crippen LogP contribution in [0, 0.1) is 0 Å². The number of fused-ring (bicyclic) bond motifs is 1. The van der Waals surface area contributed by atoms with Crippen LogP contribution in [0.4, 0.5) is 11.4 Å². The van der Waals surface area contributed by atoms with Crippen molar-refractivity contribution in [3.05, 3.63) is 77.2 Å². The Morgan fingerprint density at radius 2 is 1.81 bits per heavy atom. The van der Waals surface area contributed by atoms with Gasteiger partial charge in [0.1, 0.15) is 33.8 Å². The van der Waals surface area contributed by atoms with Crippen molar-refractivity contribution in [1.82, 2.24) is 0 Å². The van der Waals surface area contributed by atoms with Crippen LogP contribution in [0.3, 0.4) is 0 Å². The van der Waals surface area contributed by atoms with Crippen LogP contribution in [0.1, 0.15) is 32.8 Å². The van der Waals surface area contributed by atoms with Gasteiger partial charge in [0.2, 0.25) is 0 Å². The highest BCUT2D eigenvalue weighted by Crippen LogP contribution is 2.45. The second kappa shape index (κ2) is 11.4. The molecule has 0 bridgehead atoms. The Balaban J connectivity index is 1.54. The number of benzene rings is 3. The quantitative estimate of drug-likeness (QED) is 0.252. The molecule has 11 heteroatoms. The number of nitrogens with zero attached hydrogens (tertiary/aromatic N) is 1. The van der Waals surface area contributed by atoms with Crippen molar-refractivity contribution < 1.29 is 31.7 Å². The van der Waals surface area contributed by atoms with E-state index in [0.29, 0.717) is 34.5 Å². The van der Waals surface area contributed by atoms with Crippen molar-refractivity contribution in [2.24, 2.45) is 0 Å². The van der Waals surface area contributed by atoms with E-state index in [4.69, 9.17) is 13.7 Å². The van der Waals surface area contributed by atoms with Gasteiger partial charge in [-0.2, -0.15) is 8.42 Å². The highest BCUT2D eigenvalue weighted by Gasteiger charge is 2.39. The van der Waals surface area contributed by atoms with Crippen LogP contribution in [0.2, 0.25) is 0 Å². The lowest BCUT2D eigenvalue weighted by molar-refractivity contribution is -0.144. The first kappa shape index (κ1) is 29.5. The number of allylic oxidation sites excluding steroid dienone is 2. The molecule has 3 aromatic carbocycles. The number of rotatable bonds is 8. The Hall–Kier alpha value is -3.96. The van der Waals surface area contributed by atoms with Crippen molar-refractivity contribution in [3.8, 4) is 22.6 Å². The number of hydrogen-bond donors (Lipinski definition) is 1. The molecule has 2 aliphatic rings. The number of carbonyl (C=O) groups excluding carboxylic acids is 2. The number of methoxy groups -OCH3 is 1. The van der Waals surface area contributed by atoms with E-state index in [9.17, 15) is 18.0 Å². The minimum absolute atomic E-state index is 0.0285. The van der Waals surface area contributed by atoms with E-state index in [1.54, 1.807) is 50.1 Å². The standard InChI is InChI=1S/C31H32N2O7S2/c1-19-11-16-27(41-19)29(34)39-18-24-22(14-15-25-28(24)33(4)30(35)31(2,3)32-25)23-13-12-20(17-26(23)38-5)40-42(36,37)21-9-7-6-8-10-21/h6-15,17,27,32H,16,18H2,1-5H3. The molecule has 1 N–H and O–H groups in total. The van der Waals surface area contributed by atoms with Gasteiger partial charge in [-0.3, -0.25) is 9.59 Å². The summed E-state index contributed by atoms with van der Waals surface area (Å²) in [4.78, 5) is 28.9.